The molecule has 0 spiro atoms. The summed E-state index contributed by atoms with van der Waals surface area (Å²) in [7, 11) is -4.22. The molecule has 7 nitrogen and oxygen atoms in total. The van der Waals surface area contributed by atoms with E-state index in [1.54, 1.807) is 19.1 Å². The molecule has 0 N–H and O–H groups in total. The van der Waals surface area contributed by atoms with Crippen LogP contribution in [0, 0.1) is 23.2 Å². The first-order valence-electron chi connectivity index (χ1n) is 6.62. The Bertz CT molecular complexity index is 1100. The Morgan fingerprint density at radius 3 is 2.75 bits per heavy atom. The van der Waals surface area contributed by atoms with Gasteiger partial charge in [-0.1, -0.05) is 6.07 Å². The average molecular weight is 359 g/mol. The topological polar surface area (TPSA) is 109 Å². The van der Waals surface area contributed by atoms with Gasteiger partial charge in [-0.25, -0.2) is 4.98 Å². The molecule has 3 aromatic rings. The van der Waals surface area contributed by atoms with Crippen LogP contribution in [0.4, 0.5) is 5.69 Å². The highest BCUT2D eigenvalue weighted by molar-refractivity contribution is 7.87. The van der Waals surface area contributed by atoms with Gasteiger partial charge in [-0.3, -0.25) is 0 Å². The molecular formula is C15H9N3O4S2. The summed E-state index contributed by atoms with van der Waals surface area (Å²) >= 11 is 1.13. The largest absolute Gasteiger partial charge is 0.379 e. The van der Waals surface area contributed by atoms with E-state index in [4.69, 9.17) is 9.44 Å². The van der Waals surface area contributed by atoms with Crippen LogP contribution in [0.5, 0.6) is 5.75 Å². The predicted molar refractivity (Wildman–Crippen MR) is 88.8 cm³/mol. The van der Waals surface area contributed by atoms with Gasteiger partial charge in [-0.05, 0) is 41.9 Å². The Hall–Kier alpha value is -2.83. The zero-order valence-electron chi connectivity index (χ0n) is 12.3. The van der Waals surface area contributed by atoms with Crippen LogP contribution < -0.4 is 4.18 Å². The fraction of sp³-hybridized carbons (Fsp3) is 0.0667. The van der Waals surface area contributed by atoms with Crippen molar-refractivity contribution in [1.29, 1.82) is 5.26 Å². The summed E-state index contributed by atoms with van der Waals surface area (Å²) in [4.78, 5) is 14.6. The van der Waals surface area contributed by atoms with Gasteiger partial charge in [-0.15, -0.1) is 16.2 Å². The lowest BCUT2D eigenvalue weighted by Gasteiger charge is -2.08. The van der Waals surface area contributed by atoms with E-state index in [9.17, 15) is 13.3 Å². The molecule has 0 radical (unpaired) electrons. The number of aryl methyl sites for hydroxylation is 1. The first-order valence-corrected chi connectivity index (χ1v) is 8.84. The summed E-state index contributed by atoms with van der Waals surface area (Å²) in [6, 6.07) is 10.6. The summed E-state index contributed by atoms with van der Waals surface area (Å²) in [5.74, 6) is 0.0639. The molecule has 0 saturated carbocycles. The molecule has 0 aliphatic rings. The van der Waals surface area contributed by atoms with Gasteiger partial charge >= 0.3 is 10.1 Å². The molecule has 0 atom stereocenters. The highest BCUT2D eigenvalue weighted by Gasteiger charge is 2.22. The second kappa shape index (κ2) is 5.99. The Labute approximate surface area is 141 Å². The highest BCUT2D eigenvalue weighted by atomic mass is 32.2. The number of hydrogen-bond donors (Lipinski definition) is 0. The molecule has 0 bridgehead atoms. The second-order valence-corrected chi connectivity index (χ2v) is 7.41. The molecule has 120 valence electrons. The third-order valence-electron chi connectivity index (χ3n) is 3.14. The summed E-state index contributed by atoms with van der Waals surface area (Å²) in [5.41, 5.74) is 1.01. The maximum absolute atomic E-state index is 12.4. The molecule has 9 heteroatoms. The maximum atomic E-state index is 12.4. The summed E-state index contributed by atoms with van der Waals surface area (Å²) in [5, 5.41) is 11.9. The van der Waals surface area contributed by atoms with Crippen molar-refractivity contribution in [2.24, 2.45) is 5.18 Å². The average Bonchev–Trinajstić information content (AvgIpc) is 2.97. The van der Waals surface area contributed by atoms with Gasteiger partial charge in [0, 0.05) is 6.07 Å². The number of nitroso groups, excluding NO2 is 1. The van der Waals surface area contributed by atoms with Gasteiger partial charge in [0.1, 0.15) is 22.4 Å². The SMILES string of the molecule is Cc1ccc(N=O)c(S(=O)(=O)Oc2ccc3nc(C#N)sc3c2)c1. The fourth-order valence-corrected chi connectivity index (χ4v) is 4.00. The van der Waals surface area contributed by atoms with Crippen LogP contribution in [0.2, 0.25) is 0 Å². The van der Waals surface area contributed by atoms with Crippen molar-refractivity contribution >= 4 is 37.4 Å². The van der Waals surface area contributed by atoms with Crippen LogP contribution in [-0.2, 0) is 10.1 Å². The number of thiazole rings is 1. The number of fused-ring (bicyclic) bond motifs is 1. The molecule has 24 heavy (non-hydrogen) atoms. The summed E-state index contributed by atoms with van der Waals surface area (Å²) in [6.45, 7) is 1.69. The van der Waals surface area contributed by atoms with Crippen molar-refractivity contribution in [3.63, 3.8) is 0 Å². The van der Waals surface area contributed by atoms with Crippen molar-refractivity contribution in [2.75, 3.05) is 0 Å². The highest BCUT2D eigenvalue weighted by Crippen LogP contribution is 2.31. The number of nitriles is 1. The fourth-order valence-electron chi connectivity index (χ4n) is 2.07. The Balaban J connectivity index is 2.02. The van der Waals surface area contributed by atoms with E-state index in [-0.39, 0.29) is 21.3 Å². The normalized spacial score (nSPS) is 11.2. The van der Waals surface area contributed by atoms with E-state index >= 15 is 0 Å². The van der Waals surface area contributed by atoms with Gasteiger partial charge in [0.25, 0.3) is 0 Å². The van der Waals surface area contributed by atoms with Crippen molar-refractivity contribution in [3.8, 4) is 11.8 Å². The van der Waals surface area contributed by atoms with Crippen LogP contribution in [0.3, 0.4) is 0 Å². The standard InChI is InChI=1S/C15H9N3O4S2/c1-9-2-4-12(18-19)14(6-9)24(20,21)22-10-3-5-11-13(7-10)23-15(8-16)17-11/h2-7H,1H3. The smallest absolute Gasteiger partial charge is 0.341 e. The van der Waals surface area contributed by atoms with E-state index in [1.807, 2.05) is 6.07 Å². The van der Waals surface area contributed by atoms with Crippen molar-refractivity contribution in [3.05, 3.63) is 51.9 Å². The number of rotatable bonds is 4. The molecule has 0 aliphatic heterocycles. The van der Waals surface area contributed by atoms with Gasteiger partial charge in [0.05, 0.1) is 10.2 Å². The van der Waals surface area contributed by atoms with Crippen LogP contribution in [0.15, 0.2) is 46.5 Å². The molecular weight excluding hydrogens is 350 g/mol. The molecule has 0 amide bonds. The lowest BCUT2D eigenvalue weighted by Crippen LogP contribution is -2.10. The third-order valence-corrected chi connectivity index (χ3v) is 5.34. The molecule has 2 aromatic carbocycles. The van der Waals surface area contributed by atoms with Crippen molar-refractivity contribution in [1.82, 2.24) is 4.98 Å². The van der Waals surface area contributed by atoms with Gasteiger partial charge in [0.15, 0.2) is 5.01 Å². The van der Waals surface area contributed by atoms with Crippen molar-refractivity contribution in [2.45, 2.75) is 11.8 Å². The van der Waals surface area contributed by atoms with E-state index in [0.29, 0.717) is 15.8 Å². The number of benzene rings is 2. The zero-order valence-corrected chi connectivity index (χ0v) is 13.9. The molecule has 3 rings (SSSR count). The lowest BCUT2D eigenvalue weighted by atomic mass is 10.2. The summed E-state index contributed by atoms with van der Waals surface area (Å²) < 4.78 is 30.6. The third kappa shape index (κ3) is 2.97. The van der Waals surface area contributed by atoms with Crippen molar-refractivity contribution < 1.29 is 12.6 Å². The molecule has 0 saturated heterocycles. The first-order chi connectivity index (χ1) is 11.4. The van der Waals surface area contributed by atoms with E-state index < -0.39 is 10.1 Å². The molecule has 1 heterocycles. The second-order valence-electron chi connectivity index (χ2n) is 4.86. The van der Waals surface area contributed by atoms with Gasteiger partial charge in [0.2, 0.25) is 0 Å². The first kappa shape index (κ1) is 16.0. The minimum absolute atomic E-state index is 0.0639. The number of nitrogens with zero attached hydrogens (tertiary/aromatic N) is 3. The van der Waals surface area contributed by atoms with Crippen LogP contribution in [0.25, 0.3) is 10.2 Å². The predicted octanol–water partition coefficient (Wildman–Crippen LogP) is 3.64. The Kier molecular flexibility index (Phi) is 4.01. The van der Waals surface area contributed by atoms with Gasteiger partial charge in [-0.2, -0.15) is 13.7 Å². The molecule has 0 unspecified atom stereocenters. The van der Waals surface area contributed by atoms with Crippen LogP contribution in [-0.4, -0.2) is 13.4 Å². The Morgan fingerprint density at radius 2 is 2.04 bits per heavy atom. The minimum Gasteiger partial charge on any atom is -0.379 e. The monoisotopic (exact) mass is 359 g/mol. The zero-order chi connectivity index (χ0) is 17.3. The Morgan fingerprint density at radius 1 is 1.25 bits per heavy atom. The minimum atomic E-state index is -4.22. The van der Waals surface area contributed by atoms with Crippen LogP contribution >= 0.6 is 11.3 Å². The lowest BCUT2D eigenvalue weighted by molar-refractivity contribution is 0.486. The number of hydrogen-bond acceptors (Lipinski definition) is 8. The maximum Gasteiger partial charge on any atom is 0.341 e. The molecule has 0 fully saturated rings. The summed E-state index contributed by atoms with van der Waals surface area (Å²) in [6.07, 6.45) is 0. The molecule has 0 aliphatic carbocycles. The van der Waals surface area contributed by atoms with E-state index in [0.717, 1.165) is 11.3 Å². The van der Waals surface area contributed by atoms with E-state index in [1.165, 1.54) is 24.3 Å². The van der Waals surface area contributed by atoms with E-state index in [2.05, 4.69) is 10.2 Å². The molecule has 1 aromatic heterocycles. The van der Waals surface area contributed by atoms with Crippen LogP contribution in [0.1, 0.15) is 10.6 Å². The quantitative estimate of drug-likeness (QED) is 0.519. The number of aromatic nitrogens is 1. The van der Waals surface area contributed by atoms with Gasteiger partial charge < -0.3 is 4.18 Å².